The number of ether oxygens (including phenoxy) is 3. The van der Waals surface area contributed by atoms with E-state index in [1.54, 1.807) is 39.5 Å². The second-order valence-corrected chi connectivity index (χ2v) is 4.70. The molecular formula is C16H21ClN2O5. The summed E-state index contributed by atoms with van der Waals surface area (Å²) in [4.78, 5) is 12.2. The van der Waals surface area contributed by atoms with Crippen LogP contribution in [0.3, 0.4) is 0 Å². The van der Waals surface area contributed by atoms with Gasteiger partial charge >= 0.3 is 0 Å². The summed E-state index contributed by atoms with van der Waals surface area (Å²) >= 11 is 0. The van der Waals surface area contributed by atoms with E-state index >= 15 is 0 Å². The van der Waals surface area contributed by atoms with Crippen LogP contribution in [-0.4, -0.2) is 27.2 Å². The molecule has 24 heavy (non-hydrogen) atoms. The molecule has 0 fully saturated rings. The van der Waals surface area contributed by atoms with Crippen molar-refractivity contribution in [2.45, 2.75) is 13.1 Å². The molecule has 1 aromatic heterocycles. The van der Waals surface area contributed by atoms with Gasteiger partial charge in [-0.3, -0.25) is 4.79 Å². The Bertz CT molecular complexity index is 662. The summed E-state index contributed by atoms with van der Waals surface area (Å²) in [5.41, 5.74) is 6.59. The van der Waals surface area contributed by atoms with Gasteiger partial charge in [0.25, 0.3) is 5.91 Å². The summed E-state index contributed by atoms with van der Waals surface area (Å²) in [6, 6.07) is 5.07. The maximum Gasteiger partial charge on any atom is 0.254 e. The standard InChI is InChI=1S/C16H20N2O5.ClH/c1-20-11-5-14(21-2)13(15(6-11)22-3)8-18-16(19)10-4-12(7-17)23-9-10;/h4-6,9H,7-8,17H2,1-3H3,(H,18,19);1H. The van der Waals surface area contributed by atoms with Gasteiger partial charge in [0.15, 0.2) is 0 Å². The molecule has 0 aliphatic carbocycles. The average Bonchev–Trinajstić information content (AvgIpc) is 3.08. The van der Waals surface area contributed by atoms with Gasteiger partial charge in [-0.05, 0) is 6.07 Å². The number of hydrogen-bond donors (Lipinski definition) is 2. The van der Waals surface area contributed by atoms with E-state index < -0.39 is 0 Å². The molecule has 0 atom stereocenters. The third-order valence-corrected chi connectivity index (χ3v) is 3.36. The first-order valence-electron chi connectivity index (χ1n) is 6.97. The van der Waals surface area contributed by atoms with Gasteiger partial charge < -0.3 is 29.7 Å². The van der Waals surface area contributed by atoms with E-state index in [2.05, 4.69) is 5.32 Å². The van der Waals surface area contributed by atoms with Crippen molar-refractivity contribution in [1.82, 2.24) is 5.32 Å². The Morgan fingerprint density at radius 2 is 1.75 bits per heavy atom. The normalized spacial score (nSPS) is 9.83. The van der Waals surface area contributed by atoms with E-state index in [0.29, 0.717) is 34.1 Å². The Hall–Kier alpha value is -2.38. The highest BCUT2D eigenvalue weighted by Gasteiger charge is 2.15. The summed E-state index contributed by atoms with van der Waals surface area (Å²) in [5, 5.41) is 2.80. The van der Waals surface area contributed by atoms with E-state index in [4.69, 9.17) is 24.4 Å². The number of nitrogens with two attached hydrogens (primary N) is 1. The monoisotopic (exact) mass is 356 g/mol. The smallest absolute Gasteiger partial charge is 0.254 e. The number of amides is 1. The molecule has 0 saturated carbocycles. The Morgan fingerprint density at radius 3 is 2.21 bits per heavy atom. The van der Waals surface area contributed by atoms with Gasteiger partial charge in [-0.2, -0.15) is 0 Å². The number of carbonyl (C=O) groups is 1. The number of methoxy groups -OCH3 is 3. The molecule has 3 N–H and O–H groups in total. The number of furan rings is 1. The molecular weight excluding hydrogens is 336 g/mol. The molecule has 132 valence electrons. The molecule has 0 aliphatic heterocycles. The van der Waals surface area contributed by atoms with E-state index in [1.807, 2.05) is 0 Å². The Morgan fingerprint density at radius 1 is 1.12 bits per heavy atom. The van der Waals surface area contributed by atoms with E-state index in [1.165, 1.54) is 6.26 Å². The van der Waals surface area contributed by atoms with Crippen LogP contribution in [0.15, 0.2) is 28.9 Å². The van der Waals surface area contributed by atoms with Crippen LogP contribution in [0.1, 0.15) is 21.7 Å². The minimum Gasteiger partial charge on any atom is -0.496 e. The molecule has 0 aliphatic rings. The van der Waals surface area contributed by atoms with Crippen molar-refractivity contribution in [3.63, 3.8) is 0 Å². The lowest BCUT2D eigenvalue weighted by molar-refractivity contribution is 0.0950. The van der Waals surface area contributed by atoms with Gasteiger partial charge in [0.1, 0.15) is 29.3 Å². The summed E-state index contributed by atoms with van der Waals surface area (Å²) in [5.74, 6) is 2.02. The molecule has 1 aromatic carbocycles. The van der Waals surface area contributed by atoms with E-state index in [0.717, 1.165) is 0 Å². The lowest BCUT2D eigenvalue weighted by Gasteiger charge is -2.15. The highest BCUT2D eigenvalue weighted by Crippen LogP contribution is 2.33. The zero-order valence-electron chi connectivity index (χ0n) is 13.8. The second kappa shape index (κ2) is 9.05. The number of hydrogen-bond acceptors (Lipinski definition) is 6. The van der Waals surface area contributed by atoms with E-state index in [9.17, 15) is 4.79 Å². The maximum atomic E-state index is 12.2. The van der Waals surface area contributed by atoms with Crippen LogP contribution >= 0.6 is 12.4 Å². The van der Waals surface area contributed by atoms with Gasteiger partial charge in [0.2, 0.25) is 0 Å². The first-order chi connectivity index (χ1) is 11.1. The van der Waals surface area contributed by atoms with Crippen molar-refractivity contribution < 1.29 is 23.4 Å². The van der Waals surface area contributed by atoms with Crippen LogP contribution in [0.4, 0.5) is 0 Å². The zero-order chi connectivity index (χ0) is 16.8. The largest absolute Gasteiger partial charge is 0.496 e. The van der Waals surface area contributed by atoms with Crippen LogP contribution in [0.5, 0.6) is 17.2 Å². The Balaban J connectivity index is 0.00000288. The van der Waals surface area contributed by atoms with Crippen LogP contribution in [0.25, 0.3) is 0 Å². The van der Waals surface area contributed by atoms with Crippen molar-refractivity contribution >= 4 is 18.3 Å². The molecule has 0 spiro atoms. The average molecular weight is 357 g/mol. The SMILES string of the molecule is COc1cc(OC)c(CNC(=O)c2coc(CN)c2)c(OC)c1.Cl. The highest BCUT2D eigenvalue weighted by atomic mass is 35.5. The second-order valence-electron chi connectivity index (χ2n) is 4.70. The Kier molecular flexibility index (Phi) is 7.41. The fourth-order valence-electron chi connectivity index (χ4n) is 2.13. The molecule has 0 bridgehead atoms. The number of benzene rings is 1. The summed E-state index contributed by atoms with van der Waals surface area (Å²) in [6.45, 7) is 0.478. The molecule has 0 radical (unpaired) electrons. The first-order valence-corrected chi connectivity index (χ1v) is 6.97. The minimum absolute atomic E-state index is 0. The number of carbonyl (C=O) groups excluding carboxylic acids is 1. The minimum atomic E-state index is -0.270. The van der Waals surface area contributed by atoms with Crippen molar-refractivity contribution in [3.8, 4) is 17.2 Å². The van der Waals surface area contributed by atoms with Gasteiger partial charge in [-0.25, -0.2) is 0 Å². The molecule has 2 aromatic rings. The van der Waals surface area contributed by atoms with Crippen molar-refractivity contribution in [2.75, 3.05) is 21.3 Å². The molecule has 1 amide bonds. The lowest BCUT2D eigenvalue weighted by Crippen LogP contribution is -2.23. The Labute approximate surface area is 146 Å². The fraction of sp³-hybridized carbons (Fsp3) is 0.312. The molecule has 0 saturated heterocycles. The maximum absolute atomic E-state index is 12.2. The van der Waals surface area contributed by atoms with Gasteiger partial charge in [0, 0.05) is 12.1 Å². The number of rotatable bonds is 7. The van der Waals surface area contributed by atoms with Crippen LogP contribution < -0.4 is 25.3 Å². The third kappa shape index (κ3) is 4.33. The fourth-order valence-corrected chi connectivity index (χ4v) is 2.13. The summed E-state index contributed by atoms with van der Waals surface area (Å²) in [7, 11) is 4.65. The number of halogens is 1. The number of nitrogens with one attached hydrogen (secondary N) is 1. The van der Waals surface area contributed by atoms with Crippen molar-refractivity contribution in [2.24, 2.45) is 5.73 Å². The van der Waals surface area contributed by atoms with Crippen molar-refractivity contribution in [1.29, 1.82) is 0 Å². The predicted octanol–water partition coefficient (Wildman–Crippen LogP) is 2.12. The molecule has 0 unspecified atom stereocenters. The van der Waals surface area contributed by atoms with Gasteiger partial charge in [-0.1, -0.05) is 0 Å². The van der Waals surface area contributed by atoms with Crippen molar-refractivity contribution in [3.05, 3.63) is 41.3 Å². The first kappa shape index (κ1) is 19.7. The summed E-state index contributed by atoms with van der Waals surface area (Å²) in [6.07, 6.45) is 1.38. The quantitative estimate of drug-likeness (QED) is 0.788. The van der Waals surface area contributed by atoms with Crippen LogP contribution in [0, 0.1) is 0 Å². The highest BCUT2D eigenvalue weighted by molar-refractivity contribution is 5.94. The molecule has 2 rings (SSSR count). The zero-order valence-corrected chi connectivity index (χ0v) is 14.6. The topological polar surface area (TPSA) is 96.0 Å². The molecule has 8 heteroatoms. The predicted molar refractivity (Wildman–Crippen MR) is 91.1 cm³/mol. The molecule has 7 nitrogen and oxygen atoms in total. The van der Waals surface area contributed by atoms with Gasteiger partial charge in [-0.15, -0.1) is 12.4 Å². The summed E-state index contributed by atoms with van der Waals surface area (Å²) < 4.78 is 21.0. The third-order valence-electron chi connectivity index (χ3n) is 3.36. The molecule has 1 heterocycles. The lowest BCUT2D eigenvalue weighted by atomic mass is 10.1. The van der Waals surface area contributed by atoms with E-state index in [-0.39, 0.29) is 31.4 Å². The van der Waals surface area contributed by atoms with Crippen LogP contribution in [-0.2, 0) is 13.1 Å². The van der Waals surface area contributed by atoms with Crippen LogP contribution in [0.2, 0.25) is 0 Å². The van der Waals surface area contributed by atoms with Gasteiger partial charge in [0.05, 0.1) is 45.5 Å².